The number of ether oxygens (including phenoxy) is 2. The molecule has 1 aliphatic heterocycles. The predicted molar refractivity (Wildman–Crippen MR) is 236 cm³/mol. The molecule has 0 bridgehead atoms. The van der Waals surface area contributed by atoms with Crippen molar-refractivity contribution in [1.82, 2.24) is 15.3 Å². The number of rotatable bonds is 21. The summed E-state index contributed by atoms with van der Waals surface area (Å²) in [5, 5.41) is 7.21. The Balaban J connectivity index is 1.26. The highest BCUT2D eigenvalue weighted by Gasteiger charge is 2.33. The quantitative estimate of drug-likeness (QED) is 0.0487. The van der Waals surface area contributed by atoms with Crippen LogP contribution in [-0.4, -0.2) is 58.4 Å². The molecule has 1 aromatic heterocycles. The molecule has 312 valence electrons. The molecule has 1 unspecified atom stereocenters. The molecule has 1 aliphatic rings. The predicted octanol–water partition coefficient (Wildman–Crippen LogP) is 10.9. The second-order valence-corrected chi connectivity index (χ2v) is 15.9. The van der Waals surface area contributed by atoms with Crippen LogP contribution in [0.25, 0.3) is 46.1 Å². The summed E-state index contributed by atoms with van der Waals surface area (Å²) < 4.78 is 10.5. The van der Waals surface area contributed by atoms with Gasteiger partial charge in [0, 0.05) is 41.8 Å². The topological polar surface area (TPSA) is 132 Å². The van der Waals surface area contributed by atoms with Crippen LogP contribution < -0.4 is 5.32 Å². The number of carbonyl (C=O) groups is 3. The van der Waals surface area contributed by atoms with Crippen molar-refractivity contribution in [1.29, 1.82) is 0 Å². The Kier molecular flexibility index (Phi) is 16.8. The van der Waals surface area contributed by atoms with Crippen LogP contribution in [0.1, 0.15) is 122 Å². The van der Waals surface area contributed by atoms with E-state index in [1.165, 1.54) is 57.4 Å². The summed E-state index contributed by atoms with van der Waals surface area (Å²) in [5.41, 5.74) is 6.91. The minimum atomic E-state index is -0.780. The zero-order valence-electron chi connectivity index (χ0n) is 35.4. The molecule has 0 aliphatic carbocycles. The highest BCUT2D eigenvalue weighted by atomic mass is 16.7. The third-order valence-corrected chi connectivity index (χ3v) is 9.87. The van der Waals surface area contributed by atoms with E-state index in [0.29, 0.717) is 31.1 Å². The van der Waals surface area contributed by atoms with E-state index in [1.54, 1.807) is 19.1 Å². The van der Waals surface area contributed by atoms with Crippen LogP contribution in [0.5, 0.6) is 0 Å². The van der Waals surface area contributed by atoms with Gasteiger partial charge < -0.3 is 24.6 Å². The number of amides is 1. The summed E-state index contributed by atoms with van der Waals surface area (Å²) >= 11 is 0. The highest BCUT2D eigenvalue weighted by Crippen LogP contribution is 2.34. The van der Waals surface area contributed by atoms with Gasteiger partial charge in [-0.3, -0.25) is 4.79 Å². The number of nitrogens with zero attached hydrogens (tertiary/aromatic N) is 2. The maximum absolute atomic E-state index is 12.6. The number of aromatic amines is 1. The van der Waals surface area contributed by atoms with Gasteiger partial charge in [0.2, 0.25) is 12.0 Å². The molecule has 1 amide bonds. The number of H-pyrrole nitrogens is 1. The molecule has 10 heteroatoms. The number of unbranched alkanes of at least 4 members (excludes halogenated alkanes) is 9. The van der Waals surface area contributed by atoms with Crippen LogP contribution in [0.3, 0.4) is 0 Å². The molecule has 2 heterocycles. The number of oxime groups is 1. The van der Waals surface area contributed by atoms with E-state index >= 15 is 0 Å². The number of benzene rings is 3. The van der Waals surface area contributed by atoms with Crippen molar-refractivity contribution in [3.63, 3.8) is 0 Å². The molecule has 0 radical (unpaired) electrons. The fourth-order valence-electron chi connectivity index (χ4n) is 6.71. The van der Waals surface area contributed by atoms with E-state index in [-0.39, 0.29) is 11.9 Å². The summed E-state index contributed by atoms with van der Waals surface area (Å²) in [4.78, 5) is 51.0. The van der Waals surface area contributed by atoms with Crippen LogP contribution in [-0.2, 0) is 28.7 Å². The van der Waals surface area contributed by atoms with Gasteiger partial charge >= 0.3 is 11.9 Å². The summed E-state index contributed by atoms with van der Waals surface area (Å²) in [5.74, 6) is -0.236. The van der Waals surface area contributed by atoms with E-state index in [1.807, 2.05) is 99.6 Å². The Morgan fingerprint density at radius 2 is 1.31 bits per heavy atom. The number of hydrogen-bond donors (Lipinski definition) is 2. The third kappa shape index (κ3) is 14.2. The number of carbonyl (C=O) groups excluding carboxylic acids is 3. The van der Waals surface area contributed by atoms with Gasteiger partial charge in [0.05, 0.1) is 23.7 Å². The summed E-state index contributed by atoms with van der Waals surface area (Å²) in [7, 11) is 0. The number of aromatic nitrogens is 2. The smallest absolute Gasteiger partial charge is 0.351 e. The maximum Gasteiger partial charge on any atom is 0.351 e. The van der Waals surface area contributed by atoms with Crippen molar-refractivity contribution < 1.29 is 28.7 Å². The first-order valence-electron chi connectivity index (χ1n) is 21.2. The lowest BCUT2D eigenvalue weighted by atomic mass is 10.00. The van der Waals surface area contributed by atoms with Crippen molar-refractivity contribution in [2.45, 2.75) is 117 Å². The normalized spacial score (nSPS) is 14.1. The standard InChI is InChI=1S/C49H60N4O6/c1-6-8-9-10-11-12-13-14-15-16-33-50-43(54)31-21-35-17-23-38(24-18-35)45-46(52-47(51-45)40-25-19-36(20-26-40)22-32-44(55)57-7-2)39-29-27-37(28-30-39)41-34-42(59-53-41)48(56)58-49(3,4)5/h17-32,42H,6-16,33-34H2,1-5H3,(H,50,54)(H,51,52). The number of hydrogen-bond acceptors (Lipinski definition) is 8. The fraction of sp³-hybridized carbons (Fsp3) is 0.408. The lowest BCUT2D eigenvalue weighted by Gasteiger charge is -2.20. The van der Waals surface area contributed by atoms with E-state index in [2.05, 4.69) is 22.4 Å². The lowest BCUT2D eigenvalue weighted by Crippen LogP contribution is -2.32. The maximum atomic E-state index is 12.6. The molecule has 2 N–H and O–H groups in total. The van der Waals surface area contributed by atoms with Crippen molar-refractivity contribution in [3.8, 4) is 33.9 Å². The van der Waals surface area contributed by atoms with Crippen molar-refractivity contribution in [3.05, 3.63) is 102 Å². The molecule has 0 saturated heterocycles. The Bertz CT molecular complexity index is 2050. The molecule has 1 atom stereocenters. The van der Waals surface area contributed by atoms with Gasteiger partial charge in [-0.25, -0.2) is 14.6 Å². The van der Waals surface area contributed by atoms with Crippen LogP contribution >= 0.6 is 0 Å². The third-order valence-electron chi connectivity index (χ3n) is 9.87. The SMILES string of the molecule is CCCCCCCCCCCCNC(=O)C=Cc1ccc(-c2[nH]c(-c3ccc(C=CC(=O)OCC)cc3)nc2-c2ccc(C3=NOC(C(=O)OC(C)(C)C)C3)cc2)cc1. The number of esters is 2. The van der Waals surface area contributed by atoms with E-state index in [9.17, 15) is 14.4 Å². The summed E-state index contributed by atoms with van der Waals surface area (Å²) in [6.07, 6.45) is 18.7. The van der Waals surface area contributed by atoms with Gasteiger partial charge in [-0.05, 0) is 63.0 Å². The minimum absolute atomic E-state index is 0.0909. The van der Waals surface area contributed by atoms with Crippen LogP contribution in [0.2, 0.25) is 0 Å². The zero-order valence-corrected chi connectivity index (χ0v) is 35.4. The Morgan fingerprint density at radius 3 is 1.92 bits per heavy atom. The molecule has 3 aromatic carbocycles. The van der Waals surface area contributed by atoms with E-state index in [4.69, 9.17) is 19.3 Å². The van der Waals surface area contributed by atoms with Gasteiger partial charge in [-0.2, -0.15) is 0 Å². The van der Waals surface area contributed by atoms with Gasteiger partial charge in [-0.15, -0.1) is 0 Å². The van der Waals surface area contributed by atoms with E-state index < -0.39 is 17.7 Å². The highest BCUT2D eigenvalue weighted by molar-refractivity contribution is 6.04. The molecule has 0 saturated carbocycles. The molecular weight excluding hydrogens is 741 g/mol. The summed E-state index contributed by atoms with van der Waals surface area (Å²) in [6, 6.07) is 23.6. The van der Waals surface area contributed by atoms with Crippen molar-refractivity contribution in [2.24, 2.45) is 5.16 Å². The molecule has 59 heavy (non-hydrogen) atoms. The molecular formula is C49H60N4O6. The first-order valence-corrected chi connectivity index (χ1v) is 21.2. The number of nitrogens with one attached hydrogen (secondary N) is 2. The van der Waals surface area contributed by atoms with Crippen LogP contribution in [0, 0.1) is 0 Å². The molecule has 0 spiro atoms. The summed E-state index contributed by atoms with van der Waals surface area (Å²) in [6.45, 7) is 10.5. The largest absolute Gasteiger partial charge is 0.463 e. The van der Waals surface area contributed by atoms with Crippen molar-refractivity contribution >= 4 is 35.7 Å². The molecule has 10 nitrogen and oxygen atoms in total. The van der Waals surface area contributed by atoms with Gasteiger partial charge in [-0.1, -0.05) is 143 Å². The Labute approximate surface area is 349 Å². The Hall–Kier alpha value is -5.77. The minimum Gasteiger partial charge on any atom is -0.463 e. The number of imidazole rings is 1. The zero-order chi connectivity index (χ0) is 42.0. The van der Waals surface area contributed by atoms with E-state index in [0.717, 1.165) is 57.6 Å². The second kappa shape index (κ2) is 22.4. The van der Waals surface area contributed by atoms with Gasteiger partial charge in [0.15, 0.2) is 0 Å². The van der Waals surface area contributed by atoms with Gasteiger partial charge in [0.25, 0.3) is 0 Å². The first kappa shape index (κ1) is 44.3. The average molecular weight is 801 g/mol. The van der Waals surface area contributed by atoms with Crippen LogP contribution in [0.4, 0.5) is 0 Å². The molecule has 0 fully saturated rings. The molecule has 4 aromatic rings. The lowest BCUT2D eigenvalue weighted by molar-refractivity contribution is -0.166. The fourth-order valence-corrected chi connectivity index (χ4v) is 6.71. The molecule has 5 rings (SSSR count). The monoisotopic (exact) mass is 800 g/mol. The van der Waals surface area contributed by atoms with Crippen molar-refractivity contribution in [2.75, 3.05) is 13.2 Å². The first-order chi connectivity index (χ1) is 28.5. The van der Waals surface area contributed by atoms with Crippen LogP contribution in [0.15, 0.2) is 90.1 Å². The van der Waals surface area contributed by atoms with Gasteiger partial charge in [0.1, 0.15) is 11.4 Å². The Morgan fingerprint density at radius 1 is 0.746 bits per heavy atom. The second-order valence-electron chi connectivity index (χ2n) is 15.9. The average Bonchev–Trinajstić information content (AvgIpc) is 3.91.